The van der Waals surface area contributed by atoms with Gasteiger partial charge in [-0.1, -0.05) is 24.3 Å². The van der Waals surface area contributed by atoms with E-state index in [1.54, 1.807) is 11.1 Å². The molecule has 0 aromatic heterocycles. The van der Waals surface area contributed by atoms with E-state index in [1.807, 2.05) is 0 Å². The van der Waals surface area contributed by atoms with Crippen molar-refractivity contribution in [2.24, 2.45) is 11.8 Å². The first-order chi connectivity index (χ1) is 7.92. The van der Waals surface area contributed by atoms with Gasteiger partial charge in [0.05, 0.1) is 0 Å². The minimum Gasteiger partial charge on any atom is -0.317 e. The Labute approximate surface area is 98.3 Å². The Kier molecular flexibility index (Phi) is 2.96. The van der Waals surface area contributed by atoms with E-state index >= 15 is 0 Å². The summed E-state index contributed by atoms with van der Waals surface area (Å²) >= 11 is 0. The van der Waals surface area contributed by atoms with Crippen LogP contribution in [0.5, 0.6) is 0 Å². The number of nitrogens with one attached hydrogen (secondary N) is 1. The van der Waals surface area contributed by atoms with Crippen LogP contribution in [-0.4, -0.2) is 13.1 Å². The maximum atomic E-state index is 3.46. The minimum atomic E-state index is 0.931. The summed E-state index contributed by atoms with van der Waals surface area (Å²) in [6.45, 7) is 2.48. The highest BCUT2D eigenvalue weighted by atomic mass is 14.9. The Morgan fingerprint density at radius 1 is 0.938 bits per heavy atom. The monoisotopic (exact) mass is 215 g/mol. The maximum Gasteiger partial charge on any atom is -0.00463 e. The molecular formula is C15H21N. The summed E-state index contributed by atoms with van der Waals surface area (Å²) in [6.07, 6.45) is 6.91. The Balaban J connectivity index is 1.59. The third-order valence-electron chi connectivity index (χ3n) is 4.26. The van der Waals surface area contributed by atoms with E-state index in [0.717, 1.165) is 11.8 Å². The van der Waals surface area contributed by atoms with Gasteiger partial charge in [-0.25, -0.2) is 0 Å². The molecule has 1 heterocycles. The predicted molar refractivity (Wildman–Crippen MR) is 67.6 cm³/mol. The Bertz CT molecular complexity index is 327. The second-order valence-corrected chi connectivity index (χ2v) is 5.47. The van der Waals surface area contributed by atoms with Crippen LogP contribution in [0.4, 0.5) is 0 Å². The molecule has 1 aromatic carbocycles. The summed E-state index contributed by atoms with van der Waals surface area (Å²) in [7, 11) is 0. The van der Waals surface area contributed by atoms with Crippen LogP contribution >= 0.6 is 0 Å². The van der Waals surface area contributed by atoms with Gasteiger partial charge >= 0.3 is 0 Å². The molecule has 0 radical (unpaired) electrons. The lowest BCUT2D eigenvalue weighted by Gasteiger charge is -2.25. The van der Waals surface area contributed by atoms with Gasteiger partial charge in [-0.15, -0.1) is 0 Å². The zero-order valence-corrected chi connectivity index (χ0v) is 9.91. The van der Waals surface area contributed by atoms with Gasteiger partial charge in [-0.05, 0) is 68.2 Å². The third-order valence-corrected chi connectivity index (χ3v) is 4.26. The number of hydrogen-bond donors (Lipinski definition) is 1. The number of fused-ring (bicyclic) bond motifs is 1. The van der Waals surface area contributed by atoms with Crippen molar-refractivity contribution in [1.82, 2.24) is 5.32 Å². The first-order valence-corrected chi connectivity index (χ1v) is 6.69. The van der Waals surface area contributed by atoms with Crippen LogP contribution in [0.1, 0.15) is 30.4 Å². The topological polar surface area (TPSA) is 12.0 Å². The lowest BCUT2D eigenvalue weighted by molar-refractivity contribution is 0.303. The van der Waals surface area contributed by atoms with Crippen molar-refractivity contribution in [3.8, 4) is 0 Å². The van der Waals surface area contributed by atoms with E-state index < -0.39 is 0 Å². The molecule has 0 unspecified atom stereocenters. The van der Waals surface area contributed by atoms with Crippen LogP contribution in [0.15, 0.2) is 24.3 Å². The Morgan fingerprint density at radius 2 is 1.56 bits per heavy atom. The summed E-state index contributed by atoms with van der Waals surface area (Å²) in [5.74, 6) is 1.92. The van der Waals surface area contributed by atoms with E-state index in [9.17, 15) is 0 Å². The maximum absolute atomic E-state index is 3.46. The summed E-state index contributed by atoms with van der Waals surface area (Å²) < 4.78 is 0. The molecule has 0 spiro atoms. The van der Waals surface area contributed by atoms with E-state index in [1.165, 1.54) is 45.2 Å². The highest BCUT2D eigenvalue weighted by Crippen LogP contribution is 2.32. The highest BCUT2D eigenvalue weighted by Gasteiger charge is 2.24. The van der Waals surface area contributed by atoms with Crippen LogP contribution in [-0.2, 0) is 12.8 Å². The van der Waals surface area contributed by atoms with E-state index in [2.05, 4.69) is 29.6 Å². The van der Waals surface area contributed by atoms with Crippen molar-refractivity contribution in [3.05, 3.63) is 35.4 Å². The molecule has 0 saturated carbocycles. The molecule has 2 aliphatic rings. The van der Waals surface area contributed by atoms with Crippen LogP contribution in [0, 0.1) is 11.8 Å². The molecule has 0 atom stereocenters. The average molecular weight is 215 g/mol. The zero-order valence-electron chi connectivity index (χ0n) is 9.91. The second-order valence-electron chi connectivity index (χ2n) is 5.47. The predicted octanol–water partition coefficient (Wildman–Crippen LogP) is 2.79. The molecule has 1 N–H and O–H groups in total. The largest absolute Gasteiger partial charge is 0.317 e. The molecule has 1 nitrogen and oxygen atoms in total. The van der Waals surface area contributed by atoms with Crippen molar-refractivity contribution >= 4 is 0 Å². The molecule has 86 valence electrons. The highest BCUT2D eigenvalue weighted by molar-refractivity contribution is 5.32. The fourth-order valence-corrected chi connectivity index (χ4v) is 3.41. The summed E-state index contributed by atoms with van der Waals surface area (Å²) in [4.78, 5) is 0. The lowest BCUT2D eigenvalue weighted by atomic mass is 9.86. The zero-order chi connectivity index (χ0) is 10.8. The molecule has 0 amide bonds. The van der Waals surface area contributed by atoms with Crippen molar-refractivity contribution < 1.29 is 0 Å². The van der Waals surface area contributed by atoms with Crippen LogP contribution in [0.25, 0.3) is 0 Å². The van der Waals surface area contributed by atoms with Gasteiger partial charge in [0.1, 0.15) is 0 Å². The molecule has 3 rings (SSSR count). The number of hydrogen-bond acceptors (Lipinski definition) is 1. The summed E-state index contributed by atoms with van der Waals surface area (Å²) in [5.41, 5.74) is 3.22. The lowest BCUT2D eigenvalue weighted by Crippen LogP contribution is -2.28. The SMILES string of the molecule is c1ccc2c(c1)CC(CC1CCNCC1)C2. The molecule has 1 aromatic rings. The van der Waals surface area contributed by atoms with Gasteiger partial charge < -0.3 is 5.32 Å². The van der Waals surface area contributed by atoms with Gasteiger partial charge in [0.25, 0.3) is 0 Å². The first kappa shape index (κ1) is 10.3. The van der Waals surface area contributed by atoms with E-state index in [-0.39, 0.29) is 0 Å². The number of piperidine rings is 1. The van der Waals surface area contributed by atoms with Crippen molar-refractivity contribution in [2.45, 2.75) is 32.1 Å². The second kappa shape index (κ2) is 4.58. The van der Waals surface area contributed by atoms with Crippen LogP contribution < -0.4 is 5.32 Å². The van der Waals surface area contributed by atoms with Gasteiger partial charge in [0, 0.05) is 0 Å². The molecule has 1 heteroatoms. The molecule has 1 aliphatic heterocycles. The average Bonchev–Trinajstić information content (AvgIpc) is 2.72. The first-order valence-electron chi connectivity index (χ1n) is 6.69. The molecule has 1 saturated heterocycles. The molecular weight excluding hydrogens is 194 g/mol. The van der Waals surface area contributed by atoms with Crippen molar-refractivity contribution in [3.63, 3.8) is 0 Å². The third kappa shape index (κ3) is 2.15. The van der Waals surface area contributed by atoms with Gasteiger partial charge in [0.15, 0.2) is 0 Å². The summed E-state index contributed by atoms with van der Waals surface area (Å²) in [5, 5.41) is 3.46. The Hall–Kier alpha value is -0.820. The summed E-state index contributed by atoms with van der Waals surface area (Å²) in [6, 6.07) is 9.01. The Morgan fingerprint density at radius 3 is 2.19 bits per heavy atom. The van der Waals surface area contributed by atoms with Gasteiger partial charge in [-0.2, -0.15) is 0 Å². The van der Waals surface area contributed by atoms with Crippen LogP contribution in [0.3, 0.4) is 0 Å². The molecule has 1 aliphatic carbocycles. The van der Waals surface area contributed by atoms with Crippen LogP contribution in [0.2, 0.25) is 0 Å². The number of benzene rings is 1. The normalized spacial score (nSPS) is 22.2. The smallest absolute Gasteiger partial charge is 0.00463 e. The van der Waals surface area contributed by atoms with Crippen molar-refractivity contribution in [2.75, 3.05) is 13.1 Å². The van der Waals surface area contributed by atoms with Gasteiger partial charge in [0.2, 0.25) is 0 Å². The minimum absolute atomic E-state index is 0.931. The molecule has 0 bridgehead atoms. The van der Waals surface area contributed by atoms with E-state index in [0.29, 0.717) is 0 Å². The standard InChI is InChI=1S/C15H21N/c1-2-4-15-11-13(10-14(15)3-1)9-12-5-7-16-8-6-12/h1-4,12-13,16H,5-11H2. The molecule has 1 fully saturated rings. The molecule has 16 heavy (non-hydrogen) atoms. The van der Waals surface area contributed by atoms with E-state index in [4.69, 9.17) is 0 Å². The number of rotatable bonds is 2. The fraction of sp³-hybridized carbons (Fsp3) is 0.600. The van der Waals surface area contributed by atoms with Crippen molar-refractivity contribution in [1.29, 1.82) is 0 Å². The fourth-order valence-electron chi connectivity index (χ4n) is 3.41. The van der Waals surface area contributed by atoms with Gasteiger partial charge in [-0.3, -0.25) is 0 Å². The quantitative estimate of drug-likeness (QED) is 0.800.